The number of carbonyl (C=O) groups excluding carboxylic acids is 2. The van der Waals surface area contributed by atoms with Crippen LogP contribution in [-0.2, 0) is 0 Å². The van der Waals surface area contributed by atoms with Gasteiger partial charge in [-0.2, -0.15) is 0 Å². The highest BCUT2D eigenvalue weighted by Gasteiger charge is 2.12. The van der Waals surface area contributed by atoms with Crippen LogP contribution in [0, 0.1) is 20.8 Å². The lowest BCUT2D eigenvalue weighted by Crippen LogP contribution is -2.37. The van der Waals surface area contributed by atoms with E-state index in [0.717, 1.165) is 11.1 Å². The van der Waals surface area contributed by atoms with E-state index in [2.05, 4.69) is 10.6 Å². The highest BCUT2D eigenvalue weighted by atomic mass is 16.5. The molecule has 7 heteroatoms. The zero-order chi connectivity index (χ0) is 20.0. The number of primary amides is 1. The number of aliphatic hydroxyl groups is 1. The minimum atomic E-state index is -0.866. The maximum absolute atomic E-state index is 12.0. The number of aryl methyl sites for hydroxylation is 2. The van der Waals surface area contributed by atoms with Crippen LogP contribution in [0.5, 0.6) is 5.75 Å². The molecule has 3 amide bonds. The molecule has 2 aromatic carbocycles. The number of amides is 3. The maximum atomic E-state index is 12.0. The fourth-order valence-electron chi connectivity index (χ4n) is 2.62. The number of carbonyl (C=O) groups is 2. The van der Waals surface area contributed by atoms with Gasteiger partial charge in [0.1, 0.15) is 18.5 Å². The lowest BCUT2D eigenvalue weighted by molar-refractivity contribution is 0.0999. The summed E-state index contributed by atoms with van der Waals surface area (Å²) in [5.74, 6) is 0.138. The van der Waals surface area contributed by atoms with Crippen LogP contribution in [0.1, 0.15) is 27.0 Å². The van der Waals surface area contributed by atoms with Gasteiger partial charge in [0, 0.05) is 17.8 Å². The number of rotatable bonds is 7. The molecule has 0 saturated carbocycles. The van der Waals surface area contributed by atoms with Crippen LogP contribution in [0.2, 0.25) is 0 Å². The molecule has 0 heterocycles. The lowest BCUT2D eigenvalue weighted by atomic mass is 10.1. The van der Waals surface area contributed by atoms with E-state index in [9.17, 15) is 14.7 Å². The van der Waals surface area contributed by atoms with Crippen molar-refractivity contribution in [2.75, 3.05) is 18.5 Å². The monoisotopic (exact) mass is 371 g/mol. The number of benzene rings is 2. The largest absolute Gasteiger partial charge is 0.491 e. The molecule has 0 bridgehead atoms. The zero-order valence-electron chi connectivity index (χ0n) is 15.7. The summed E-state index contributed by atoms with van der Waals surface area (Å²) in [7, 11) is 0. The highest BCUT2D eigenvalue weighted by molar-refractivity contribution is 5.98. The van der Waals surface area contributed by atoms with E-state index in [1.165, 1.54) is 0 Å². The van der Waals surface area contributed by atoms with Gasteiger partial charge in [0.05, 0.1) is 0 Å². The molecule has 144 valence electrons. The Morgan fingerprint density at radius 2 is 1.93 bits per heavy atom. The van der Waals surface area contributed by atoms with E-state index < -0.39 is 18.0 Å². The molecule has 2 aromatic rings. The van der Waals surface area contributed by atoms with Gasteiger partial charge in [0.2, 0.25) is 5.91 Å². The molecule has 0 spiro atoms. The smallest absolute Gasteiger partial charge is 0.319 e. The van der Waals surface area contributed by atoms with E-state index in [-0.39, 0.29) is 13.2 Å². The number of nitrogens with one attached hydrogen (secondary N) is 2. The minimum Gasteiger partial charge on any atom is -0.491 e. The topological polar surface area (TPSA) is 114 Å². The van der Waals surface area contributed by atoms with Crippen LogP contribution >= 0.6 is 0 Å². The molecule has 7 nitrogen and oxygen atoms in total. The van der Waals surface area contributed by atoms with Crippen molar-refractivity contribution in [1.29, 1.82) is 0 Å². The Labute approximate surface area is 158 Å². The molecule has 0 aliphatic carbocycles. The Morgan fingerprint density at radius 1 is 1.19 bits per heavy atom. The first-order valence-corrected chi connectivity index (χ1v) is 8.60. The first-order chi connectivity index (χ1) is 12.8. The third-order valence-electron chi connectivity index (χ3n) is 4.11. The average Bonchev–Trinajstić information content (AvgIpc) is 2.60. The van der Waals surface area contributed by atoms with Crippen LogP contribution in [0.3, 0.4) is 0 Å². The van der Waals surface area contributed by atoms with Gasteiger partial charge >= 0.3 is 6.03 Å². The van der Waals surface area contributed by atoms with Gasteiger partial charge in [0.15, 0.2) is 0 Å². The summed E-state index contributed by atoms with van der Waals surface area (Å²) < 4.78 is 5.59. The van der Waals surface area contributed by atoms with Crippen molar-refractivity contribution in [3.05, 3.63) is 58.7 Å². The summed E-state index contributed by atoms with van der Waals surface area (Å²) in [5.41, 5.74) is 8.82. The fourth-order valence-corrected chi connectivity index (χ4v) is 2.62. The standard InChI is InChI=1S/C20H25N3O4/c1-12-7-8-18(13(2)9-12)27-11-15(24)10-22-20(26)23-17-6-4-5-16(14(17)3)19(21)25/h4-9,15,24H,10-11H2,1-3H3,(H2,21,25)(H2,22,23,26)/t15-/m0/s1. The molecule has 0 aromatic heterocycles. The first-order valence-electron chi connectivity index (χ1n) is 8.60. The Bertz CT molecular complexity index is 836. The van der Waals surface area contributed by atoms with Crippen LogP contribution in [0.25, 0.3) is 0 Å². The summed E-state index contributed by atoms with van der Waals surface area (Å²) in [6.45, 7) is 5.70. The molecule has 0 aliphatic heterocycles. The van der Waals surface area contributed by atoms with E-state index in [4.69, 9.17) is 10.5 Å². The van der Waals surface area contributed by atoms with E-state index in [1.54, 1.807) is 25.1 Å². The van der Waals surface area contributed by atoms with Crippen molar-refractivity contribution in [2.45, 2.75) is 26.9 Å². The molecule has 1 atom stereocenters. The molecule has 27 heavy (non-hydrogen) atoms. The predicted octanol–water partition coefficient (Wildman–Crippen LogP) is 2.27. The summed E-state index contributed by atoms with van der Waals surface area (Å²) >= 11 is 0. The van der Waals surface area contributed by atoms with Crippen LogP contribution in [0.4, 0.5) is 10.5 Å². The number of aliphatic hydroxyl groups excluding tert-OH is 1. The van der Waals surface area contributed by atoms with Gasteiger partial charge < -0.3 is 26.2 Å². The van der Waals surface area contributed by atoms with Gasteiger partial charge in [0.25, 0.3) is 0 Å². The number of nitrogens with two attached hydrogens (primary N) is 1. The highest BCUT2D eigenvalue weighted by Crippen LogP contribution is 2.19. The van der Waals surface area contributed by atoms with E-state index >= 15 is 0 Å². The molecular formula is C20H25N3O4. The zero-order valence-corrected chi connectivity index (χ0v) is 15.7. The van der Waals surface area contributed by atoms with E-state index in [1.807, 2.05) is 32.0 Å². The van der Waals surface area contributed by atoms with Crippen LogP contribution in [0.15, 0.2) is 36.4 Å². The maximum Gasteiger partial charge on any atom is 0.319 e. The Kier molecular flexibility index (Phi) is 6.79. The predicted molar refractivity (Wildman–Crippen MR) is 104 cm³/mol. The lowest BCUT2D eigenvalue weighted by Gasteiger charge is -2.16. The second kappa shape index (κ2) is 9.05. The second-order valence-electron chi connectivity index (χ2n) is 6.41. The second-order valence-corrected chi connectivity index (χ2v) is 6.41. The minimum absolute atomic E-state index is 0.0191. The average molecular weight is 371 g/mol. The van der Waals surface area contributed by atoms with Gasteiger partial charge in [-0.1, -0.05) is 23.8 Å². The molecule has 5 N–H and O–H groups in total. The molecule has 0 saturated heterocycles. The number of urea groups is 1. The Morgan fingerprint density at radius 3 is 2.59 bits per heavy atom. The van der Waals surface area contributed by atoms with Gasteiger partial charge in [-0.05, 0) is 50.1 Å². The van der Waals surface area contributed by atoms with Crippen molar-refractivity contribution >= 4 is 17.6 Å². The van der Waals surface area contributed by atoms with Crippen molar-refractivity contribution in [2.24, 2.45) is 5.73 Å². The number of anilines is 1. The van der Waals surface area contributed by atoms with Gasteiger partial charge in [-0.25, -0.2) is 4.79 Å². The van der Waals surface area contributed by atoms with Crippen LogP contribution < -0.4 is 21.1 Å². The summed E-state index contributed by atoms with van der Waals surface area (Å²) in [4.78, 5) is 23.4. The summed E-state index contributed by atoms with van der Waals surface area (Å²) in [5, 5.41) is 15.2. The van der Waals surface area contributed by atoms with Crippen molar-refractivity contribution in [3.63, 3.8) is 0 Å². The molecular weight excluding hydrogens is 346 g/mol. The molecule has 0 fully saturated rings. The normalized spacial score (nSPS) is 11.6. The first kappa shape index (κ1) is 20.3. The van der Waals surface area contributed by atoms with Crippen molar-refractivity contribution in [3.8, 4) is 5.75 Å². The molecule has 0 unspecified atom stereocenters. The Balaban J connectivity index is 1.83. The molecule has 2 rings (SSSR count). The van der Waals surface area contributed by atoms with Gasteiger partial charge in [-0.3, -0.25) is 4.79 Å². The number of ether oxygens (including phenoxy) is 1. The van der Waals surface area contributed by atoms with Gasteiger partial charge in [-0.15, -0.1) is 0 Å². The third kappa shape index (κ3) is 5.72. The summed E-state index contributed by atoms with van der Waals surface area (Å²) in [6.07, 6.45) is -0.866. The Hall–Kier alpha value is -3.06. The number of hydrogen-bond acceptors (Lipinski definition) is 4. The molecule has 0 aliphatic rings. The number of hydrogen-bond donors (Lipinski definition) is 4. The van der Waals surface area contributed by atoms with Crippen molar-refractivity contribution in [1.82, 2.24) is 5.32 Å². The fraction of sp³-hybridized carbons (Fsp3) is 0.300. The quantitative estimate of drug-likeness (QED) is 0.598. The van der Waals surface area contributed by atoms with Crippen LogP contribution in [-0.4, -0.2) is 36.3 Å². The SMILES string of the molecule is Cc1ccc(OC[C@@H](O)CNC(=O)Nc2cccc(C(N)=O)c2C)c(C)c1. The summed E-state index contributed by atoms with van der Waals surface area (Å²) in [6, 6.07) is 10.2. The molecule has 0 radical (unpaired) electrons. The third-order valence-corrected chi connectivity index (χ3v) is 4.11. The van der Waals surface area contributed by atoms with E-state index in [0.29, 0.717) is 22.6 Å². The van der Waals surface area contributed by atoms with Crippen molar-refractivity contribution < 1.29 is 19.4 Å².